The van der Waals surface area contributed by atoms with Crippen LogP contribution >= 0.6 is 0 Å². The SMILES string of the molecule is COc1ccc(C)cc1S(=O)(=O)N1CC(Oc2ccc(C(F)(F)F)cn2)C1. The molecule has 0 atom stereocenters. The zero-order chi connectivity index (χ0) is 19.8. The van der Waals surface area contributed by atoms with E-state index in [1.807, 2.05) is 0 Å². The molecule has 1 aromatic carbocycles. The predicted octanol–water partition coefficient (Wildman–Crippen LogP) is 2.87. The van der Waals surface area contributed by atoms with Gasteiger partial charge in [0.1, 0.15) is 16.7 Å². The summed E-state index contributed by atoms with van der Waals surface area (Å²) in [5, 5.41) is 0. The number of aryl methyl sites for hydroxylation is 1. The number of aromatic nitrogens is 1. The first-order valence-corrected chi connectivity index (χ1v) is 9.40. The lowest BCUT2D eigenvalue weighted by Gasteiger charge is -2.37. The Morgan fingerprint density at radius 1 is 1.19 bits per heavy atom. The van der Waals surface area contributed by atoms with E-state index >= 15 is 0 Å². The molecular formula is C17H17F3N2O4S. The maximum Gasteiger partial charge on any atom is 0.417 e. The Labute approximate surface area is 154 Å². The molecule has 0 N–H and O–H groups in total. The van der Waals surface area contributed by atoms with Crippen molar-refractivity contribution in [1.29, 1.82) is 0 Å². The van der Waals surface area contributed by atoms with Crippen molar-refractivity contribution in [3.8, 4) is 11.6 Å². The molecule has 1 saturated heterocycles. The molecule has 1 aliphatic rings. The van der Waals surface area contributed by atoms with E-state index in [1.165, 1.54) is 17.5 Å². The summed E-state index contributed by atoms with van der Waals surface area (Å²) in [6.45, 7) is 1.92. The first-order chi connectivity index (χ1) is 12.6. The van der Waals surface area contributed by atoms with Gasteiger partial charge in [-0.15, -0.1) is 0 Å². The molecule has 0 bridgehead atoms. The molecule has 1 aliphatic heterocycles. The van der Waals surface area contributed by atoms with Crippen molar-refractivity contribution >= 4 is 10.0 Å². The van der Waals surface area contributed by atoms with E-state index < -0.39 is 27.9 Å². The second kappa shape index (κ2) is 7.01. The van der Waals surface area contributed by atoms with Crippen LogP contribution in [0.5, 0.6) is 11.6 Å². The third-order valence-corrected chi connectivity index (χ3v) is 5.96. The zero-order valence-electron chi connectivity index (χ0n) is 14.5. The van der Waals surface area contributed by atoms with E-state index in [-0.39, 0.29) is 29.6 Å². The zero-order valence-corrected chi connectivity index (χ0v) is 15.3. The Bertz CT molecular complexity index is 924. The van der Waals surface area contributed by atoms with Crippen molar-refractivity contribution in [1.82, 2.24) is 9.29 Å². The maximum atomic E-state index is 12.7. The van der Waals surface area contributed by atoms with Crippen molar-refractivity contribution in [2.45, 2.75) is 24.1 Å². The Morgan fingerprint density at radius 2 is 1.89 bits per heavy atom. The molecule has 0 spiro atoms. The molecule has 1 aromatic heterocycles. The van der Waals surface area contributed by atoms with Gasteiger partial charge in [0.15, 0.2) is 0 Å². The molecule has 0 saturated carbocycles. The number of hydrogen-bond donors (Lipinski definition) is 0. The smallest absolute Gasteiger partial charge is 0.417 e. The highest BCUT2D eigenvalue weighted by Crippen LogP contribution is 2.32. The molecule has 146 valence electrons. The van der Waals surface area contributed by atoms with E-state index in [9.17, 15) is 21.6 Å². The second-order valence-electron chi connectivity index (χ2n) is 6.10. The number of alkyl halides is 3. The molecule has 0 unspecified atom stereocenters. The second-order valence-corrected chi connectivity index (χ2v) is 8.01. The Kier molecular flexibility index (Phi) is 5.04. The molecule has 10 heteroatoms. The molecule has 2 aromatic rings. The summed E-state index contributed by atoms with van der Waals surface area (Å²) in [4.78, 5) is 3.69. The number of rotatable bonds is 5. The van der Waals surface area contributed by atoms with Gasteiger partial charge in [-0.3, -0.25) is 0 Å². The molecule has 27 heavy (non-hydrogen) atoms. The van der Waals surface area contributed by atoms with Crippen LogP contribution < -0.4 is 9.47 Å². The number of methoxy groups -OCH3 is 1. The number of pyridine rings is 1. The van der Waals surface area contributed by atoms with Crippen LogP contribution in [-0.4, -0.2) is 44.0 Å². The monoisotopic (exact) mass is 402 g/mol. The van der Waals surface area contributed by atoms with Crippen LogP contribution in [0.4, 0.5) is 13.2 Å². The van der Waals surface area contributed by atoms with Gasteiger partial charge in [0.25, 0.3) is 0 Å². The van der Waals surface area contributed by atoms with Gasteiger partial charge in [0.2, 0.25) is 15.9 Å². The normalized spacial score (nSPS) is 16.0. The number of halogens is 3. The standard InChI is InChI=1S/C17H17F3N2O4S/c1-11-3-5-14(25-2)15(7-11)27(23,24)22-9-13(10-22)26-16-6-4-12(8-21-16)17(18,19)20/h3-8,13H,9-10H2,1-2H3. The van der Waals surface area contributed by atoms with Crippen LogP contribution in [0.25, 0.3) is 0 Å². The fourth-order valence-corrected chi connectivity index (χ4v) is 4.33. The van der Waals surface area contributed by atoms with Gasteiger partial charge < -0.3 is 9.47 Å². The Morgan fingerprint density at radius 3 is 2.44 bits per heavy atom. The van der Waals surface area contributed by atoms with E-state index in [0.29, 0.717) is 6.20 Å². The topological polar surface area (TPSA) is 68.7 Å². The van der Waals surface area contributed by atoms with Crippen LogP contribution in [0.3, 0.4) is 0 Å². The van der Waals surface area contributed by atoms with E-state index in [2.05, 4.69) is 4.98 Å². The summed E-state index contributed by atoms with van der Waals surface area (Å²) in [5.41, 5.74) is -0.101. The minimum atomic E-state index is -4.47. The first kappa shape index (κ1) is 19.4. The van der Waals surface area contributed by atoms with Crippen LogP contribution in [0.2, 0.25) is 0 Å². The largest absolute Gasteiger partial charge is 0.495 e. The van der Waals surface area contributed by atoms with Crippen molar-refractivity contribution in [3.63, 3.8) is 0 Å². The van der Waals surface area contributed by atoms with Crippen molar-refractivity contribution in [3.05, 3.63) is 47.7 Å². The molecule has 3 rings (SSSR count). The summed E-state index contributed by atoms with van der Waals surface area (Å²) in [7, 11) is -2.37. The lowest BCUT2D eigenvalue weighted by molar-refractivity contribution is -0.137. The Balaban J connectivity index is 1.66. The number of ether oxygens (including phenoxy) is 2. The van der Waals surface area contributed by atoms with Gasteiger partial charge in [0.05, 0.1) is 25.8 Å². The van der Waals surface area contributed by atoms with Gasteiger partial charge in [0, 0.05) is 12.3 Å². The summed E-state index contributed by atoms with van der Waals surface area (Å²) < 4.78 is 74.9. The highest BCUT2D eigenvalue weighted by molar-refractivity contribution is 7.89. The van der Waals surface area contributed by atoms with Gasteiger partial charge in [-0.25, -0.2) is 13.4 Å². The molecule has 1 fully saturated rings. The van der Waals surface area contributed by atoms with Crippen LogP contribution in [-0.2, 0) is 16.2 Å². The molecular weight excluding hydrogens is 385 g/mol. The quantitative estimate of drug-likeness (QED) is 0.769. The summed E-state index contributed by atoms with van der Waals surface area (Å²) >= 11 is 0. The van der Waals surface area contributed by atoms with Crippen molar-refractivity contribution < 1.29 is 31.1 Å². The van der Waals surface area contributed by atoms with Crippen LogP contribution in [0.15, 0.2) is 41.4 Å². The fourth-order valence-electron chi connectivity index (χ4n) is 2.58. The molecule has 6 nitrogen and oxygen atoms in total. The number of sulfonamides is 1. The highest BCUT2D eigenvalue weighted by atomic mass is 32.2. The average Bonchev–Trinajstić information content (AvgIpc) is 2.57. The molecule has 0 aliphatic carbocycles. The average molecular weight is 402 g/mol. The van der Waals surface area contributed by atoms with Crippen LogP contribution in [0, 0.1) is 6.92 Å². The third kappa shape index (κ3) is 4.01. The lowest BCUT2D eigenvalue weighted by atomic mass is 10.2. The van der Waals surface area contributed by atoms with Gasteiger partial charge >= 0.3 is 6.18 Å². The van der Waals surface area contributed by atoms with Crippen LogP contribution in [0.1, 0.15) is 11.1 Å². The number of hydrogen-bond acceptors (Lipinski definition) is 5. The maximum absolute atomic E-state index is 12.7. The minimum Gasteiger partial charge on any atom is -0.495 e. The number of benzene rings is 1. The van der Waals surface area contributed by atoms with Crippen molar-refractivity contribution in [2.75, 3.05) is 20.2 Å². The van der Waals surface area contributed by atoms with E-state index in [0.717, 1.165) is 17.7 Å². The van der Waals surface area contributed by atoms with Gasteiger partial charge in [-0.2, -0.15) is 17.5 Å². The first-order valence-electron chi connectivity index (χ1n) is 7.96. The van der Waals surface area contributed by atoms with E-state index in [4.69, 9.17) is 9.47 Å². The summed E-state index contributed by atoms with van der Waals surface area (Å²) in [5.74, 6) is 0.257. The molecule has 0 amide bonds. The fraction of sp³-hybridized carbons (Fsp3) is 0.353. The Hall–Kier alpha value is -2.33. The minimum absolute atomic E-state index is 0.0122. The number of nitrogens with zero attached hydrogens (tertiary/aromatic N) is 2. The van der Waals surface area contributed by atoms with Gasteiger partial charge in [-0.1, -0.05) is 6.07 Å². The third-order valence-electron chi connectivity index (χ3n) is 4.10. The summed E-state index contributed by atoms with van der Waals surface area (Å²) in [6, 6.07) is 6.84. The summed E-state index contributed by atoms with van der Waals surface area (Å²) in [6.07, 6.45) is -4.28. The lowest BCUT2D eigenvalue weighted by Crippen LogP contribution is -2.56. The highest BCUT2D eigenvalue weighted by Gasteiger charge is 2.40. The molecule has 2 heterocycles. The van der Waals surface area contributed by atoms with Crippen molar-refractivity contribution in [2.24, 2.45) is 0 Å². The predicted molar refractivity (Wildman–Crippen MR) is 90.1 cm³/mol. The van der Waals surface area contributed by atoms with E-state index in [1.54, 1.807) is 19.1 Å². The molecule has 0 radical (unpaired) electrons. The van der Waals surface area contributed by atoms with Gasteiger partial charge in [-0.05, 0) is 30.7 Å².